The van der Waals surface area contributed by atoms with Gasteiger partial charge in [-0.3, -0.25) is 24.0 Å². The van der Waals surface area contributed by atoms with Gasteiger partial charge >= 0.3 is 17.9 Å². The Balaban J connectivity index is 2.49. The molecule has 0 saturated carbocycles. The van der Waals surface area contributed by atoms with Crippen molar-refractivity contribution in [1.29, 1.82) is 0 Å². The van der Waals surface area contributed by atoms with Crippen LogP contribution in [0.4, 0.5) is 0 Å². The Kier molecular flexibility index (Phi) is 8.71. The molecule has 1 amide bonds. The zero-order valence-electron chi connectivity index (χ0n) is 18.1. The zero-order valence-corrected chi connectivity index (χ0v) is 18.1. The van der Waals surface area contributed by atoms with Crippen molar-refractivity contribution in [3.05, 3.63) is 29.8 Å². The molecule has 1 aliphatic rings. The summed E-state index contributed by atoms with van der Waals surface area (Å²) in [5, 5.41) is 2.58. The highest BCUT2D eigenvalue weighted by Gasteiger charge is 2.52. The van der Waals surface area contributed by atoms with E-state index in [1.807, 2.05) is 0 Å². The lowest BCUT2D eigenvalue weighted by Crippen LogP contribution is -2.67. The van der Waals surface area contributed by atoms with Gasteiger partial charge in [0.2, 0.25) is 12.2 Å². The lowest BCUT2D eigenvalue weighted by Gasteiger charge is -2.44. The molecule has 0 aliphatic carbocycles. The molecule has 1 fully saturated rings. The zero-order chi connectivity index (χ0) is 23.8. The quantitative estimate of drug-likeness (QED) is 0.338. The van der Waals surface area contributed by atoms with Crippen LogP contribution in [0.1, 0.15) is 38.1 Å². The predicted molar refractivity (Wildman–Crippen MR) is 106 cm³/mol. The highest BCUT2D eigenvalue weighted by molar-refractivity contribution is 5.79. The molecule has 1 aliphatic heterocycles. The molecule has 0 spiro atoms. The minimum atomic E-state index is -1.29. The molecule has 11 heteroatoms. The lowest BCUT2D eigenvalue weighted by molar-refractivity contribution is -0.257. The van der Waals surface area contributed by atoms with Crippen LogP contribution in [0.5, 0.6) is 5.75 Å². The molecular weight excluding hydrogens is 426 g/mol. The molecule has 11 nitrogen and oxygen atoms in total. The van der Waals surface area contributed by atoms with Gasteiger partial charge < -0.3 is 29.0 Å². The second kappa shape index (κ2) is 11.2. The second-order valence-electron chi connectivity index (χ2n) is 6.99. The Bertz CT molecular complexity index is 870. The van der Waals surface area contributed by atoms with E-state index < -0.39 is 54.5 Å². The summed E-state index contributed by atoms with van der Waals surface area (Å²) < 4.78 is 27.4. The summed E-state index contributed by atoms with van der Waals surface area (Å²) in [7, 11) is 0. The standard InChI is InChI=1S/C21H25NO10/c1-11(24)22-18-20(30-14(4)27)19(29-13(3)26)17(10-28-12(2)25)32-21(18)31-16-8-6-5-7-15(16)9-23/h5-9,17-21H,10H2,1-4H3,(H,22,24)/t17-,18+,19+,20-,21-/m1/s1. The molecule has 0 unspecified atom stereocenters. The van der Waals surface area contributed by atoms with E-state index in [2.05, 4.69) is 5.32 Å². The normalized spacial score (nSPS) is 24.6. The minimum Gasteiger partial charge on any atom is -0.463 e. The molecule has 174 valence electrons. The molecule has 5 atom stereocenters. The summed E-state index contributed by atoms with van der Waals surface area (Å²) in [5.74, 6) is -2.42. The van der Waals surface area contributed by atoms with Crippen LogP contribution in [-0.4, -0.2) is 67.4 Å². The molecule has 2 rings (SSSR count). The van der Waals surface area contributed by atoms with Gasteiger partial charge in [-0.15, -0.1) is 0 Å². The largest absolute Gasteiger partial charge is 0.463 e. The topological polar surface area (TPSA) is 144 Å². The summed E-state index contributed by atoms with van der Waals surface area (Å²) in [5.41, 5.74) is 0.209. The fraction of sp³-hybridized carbons (Fsp3) is 0.476. The number of ether oxygens (including phenoxy) is 5. The number of para-hydroxylation sites is 1. The number of amides is 1. The van der Waals surface area contributed by atoms with E-state index in [0.717, 1.165) is 13.8 Å². The first-order valence-corrected chi connectivity index (χ1v) is 9.73. The second-order valence-corrected chi connectivity index (χ2v) is 6.99. The summed E-state index contributed by atoms with van der Waals surface area (Å²) >= 11 is 0. The van der Waals surface area contributed by atoms with E-state index in [0.29, 0.717) is 6.29 Å². The fourth-order valence-electron chi connectivity index (χ4n) is 3.20. The number of hydrogen-bond acceptors (Lipinski definition) is 10. The van der Waals surface area contributed by atoms with E-state index in [1.54, 1.807) is 12.1 Å². The SMILES string of the molecule is CC(=O)N[C@@H]1[C@H](Oc2ccccc2C=O)O[C@H](COC(C)=O)[C@H](OC(C)=O)[C@@H]1OC(C)=O. The Hall–Kier alpha value is -3.47. The third-order valence-corrected chi connectivity index (χ3v) is 4.36. The van der Waals surface area contributed by atoms with Crippen molar-refractivity contribution in [1.82, 2.24) is 5.32 Å². The van der Waals surface area contributed by atoms with Crippen LogP contribution >= 0.6 is 0 Å². The highest BCUT2D eigenvalue weighted by Crippen LogP contribution is 2.30. The monoisotopic (exact) mass is 451 g/mol. The van der Waals surface area contributed by atoms with Crippen LogP contribution in [0.2, 0.25) is 0 Å². The summed E-state index contributed by atoms with van der Waals surface area (Å²) in [4.78, 5) is 58.2. The highest BCUT2D eigenvalue weighted by atomic mass is 16.7. The van der Waals surface area contributed by atoms with Gasteiger partial charge in [-0.2, -0.15) is 0 Å². The first-order valence-electron chi connectivity index (χ1n) is 9.73. The van der Waals surface area contributed by atoms with E-state index >= 15 is 0 Å². The lowest BCUT2D eigenvalue weighted by atomic mass is 9.96. The third-order valence-electron chi connectivity index (χ3n) is 4.36. The number of rotatable bonds is 8. The van der Waals surface area contributed by atoms with Gasteiger partial charge in [0.25, 0.3) is 0 Å². The Morgan fingerprint density at radius 1 is 0.969 bits per heavy atom. The molecule has 1 aromatic rings. The van der Waals surface area contributed by atoms with Gasteiger partial charge in [-0.25, -0.2) is 0 Å². The minimum absolute atomic E-state index is 0.140. The van der Waals surface area contributed by atoms with Crippen molar-refractivity contribution in [3.63, 3.8) is 0 Å². The van der Waals surface area contributed by atoms with Gasteiger partial charge in [0.15, 0.2) is 18.5 Å². The average Bonchev–Trinajstić information content (AvgIpc) is 2.70. The average molecular weight is 451 g/mol. The van der Waals surface area contributed by atoms with Crippen LogP contribution in [0, 0.1) is 0 Å². The van der Waals surface area contributed by atoms with Crippen molar-refractivity contribution in [2.45, 2.75) is 58.3 Å². The molecule has 0 radical (unpaired) electrons. The molecule has 0 aromatic heterocycles. The van der Waals surface area contributed by atoms with Gasteiger partial charge in [0, 0.05) is 27.7 Å². The Labute approximate surface area is 184 Å². The van der Waals surface area contributed by atoms with Crippen LogP contribution in [0.15, 0.2) is 24.3 Å². The molecule has 0 bridgehead atoms. The van der Waals surface area contributed by atoms with Crippen molar-refractivity contribution in [3.8, 4) is 5.75 Å². The Morgan fingerprint density at radius 3 is 2.16 bits per heavy atom. The van der Waals surface area contributed by atoms with Crippen molar-refractivity contribution in [2.75, 3.05) is 6.61 Å². The number of esters is 3. The van der Waals surface area contributed by atoms with E-state index in [-0.39, 0.29) is 17.9 Å². The van der Waals surface area contributed by atoms with E-state index in [9.17, 15) is 24.0 Å². The predicted octanol–water partition coefficient (Wildman–Crippen LogP) is 0.534. The molecule has 1 N–H and O–H groups in total. The first-order chi connectivity index (χ1) is 15.1. The summed E-state index contributed by atoms with van der Waals surface area (Å²) in [6.45, 7) is 4.34. The van der Waals surface area contributed by atoms with Gasteiger partial charge in [-0.1, -0.05) is 12.1 Å². The molecule has 32 heavy (non-hydrogen) atoms. The number of benzene rings is 1. The van der Waals surface area contributed by atoms with E-state index in [1.165, 1.54) is 26.0 Å². The van der Waals surface area contributed by atoms with Crippen LogP contribution in [0.25, 0.3) is 0 Å². The van der Waals surface area contributed by atoms with Crippen molar-refractivity contribution in [2.24, 2.45) is 0 Å². The number of carbonyl (C=O) groups is 5. The molecule has 1 saturated heterocycles. The molecule has 1 heterocycles. The molecule has 1 aromatic carbocycles. The number of aldehydes is 1. The van der Waals surface area contributed by atoms with Crippen LogP contribution in [0.3, 0.4) is 0 Å². The first kappa shape index (κ1) is 24.8. The third kappa shape index (κ3) is 6.77. The van der Waals surface area contributed by atoms with Crippen LogP contribution < -0.4 is 10.1 Å². The van der Waals surface area contributed by atoms with E-state index in [4.69, 9.17) is 23.7 Å². The molecular formula is C21H25NO10. The van der Waals surface area contributed by atoms with Crippen LogP contribution in [-0.2, 0) is 38.1 Å². The van der Waals surface area contributed by atoms with Crippen molar-refractivity contribution < 1.29 is 47.7 Å². The number of carbonyl (C=O) groups excluding carboxylic acids is 5. The summed E-state index contributed by atoms with van der Waals surface area (Å²) in [6.07, 6.45) is -4.30. The number of hydrogen-bond donors (Lipinski definition) is 1. The van der Waals surface area contributed by atoms with Gasteiger partial charge in [0.1, 0.15) is 24.5 Å². The maximum atomic E-state index is 11.9. The smallest absolute Gasteiger partial charge is 0.303 e. The van der Waals surface area contributed by atoms with Gasteiger partial charge in [-0.05, 0) is 12.1 Å². The fourth-order valence-corrected chi connectivity index (χ4v) is 3.20. The Morgan fingerprint density at radius 2 is 1.59 bits per heavy atom. The number of nitrogens with one attached hydrogen (secondary N) is 1. The maximum absolute atomic E-state index is 11.9. The van der Waals surface area contributed by atoms with Gasteiger partial charge in [0.05, 0.1) is 5.56 Å². The maximum Gasteiger partial charge on any atom is 0.303 e. The summed E-state index contributed by atoms with van der Waals surface area (Å²) in [6, 6.07) is 5.15. The van der Waals surface area contributed by atoms with Crippen molar-refractivity contribution >= 4 is 30.1 Å².